The van der Waals surface area contributed by atoms with Gasteiger partial charge in [0.15, 0.2) is 0 Å². The lowest BCUT2D eigenvalue weighted by Crippen LogP contribution is -2.36. The van der Waals surface area contributed by atoms with Gasteiger partial charge in [-0.25, -0.2) is 4.79 Å². The van der Waals surface area contributed by atoms with E-state index in [0.717, 1.165) is 11.9 Å². The summed E-state index contributed by atoms with van der Waals surface area (Å²) in [4.78, 5) is 11.5. The lowest BCUT2D eigenvalue weighted by atomic mass is 9.98. The smallest absolute Gasteiger partial charge is 0.407 e. The Labute approximate surface area is 106 Å². The van der Waals surface area contributed by atoms with Gasteiger partial charge in [0.1, 0.15) is 5.60 Å². The summed E-state index contributed by atoms with van der Waals surface area (Å²) in [5, 5.41) is 3.90. The van der Waals surface area contributed by atoms with Crippen LogP contribution in [0.3, 0.4) is 0 Å². The Morgan fingerprint density at radius 2 is 2.00 bits per heavy atom. The van der Waals surface area contributed by atoms with Gasteiger partial charge < -0.3 is 10.1 Å². The number of hydrogen-bond acceptors (Lipinski definition) is 2. The Balaban J connectivity index is 2.26. The van der Waals surface area contributed by atoms with Crippen molar-refractivity contribution in [2.45, 2.75) is 45.6 Å². The number of carbonyl (C=O) groups excluding carboxylic acids is 1. The predicted octanol–water partition coefficient (Wildman–Crippen LogP) is 3.32. The van der Waals surface area contributed by atoms with Crippen LogP contribution in [0.5, 0.6) is 0 Å². The maximum Gasteiger partial charge on any atom is 0.407 e. The molecule has 4 heteroatoms. The van der Waals surface area contributed by atoms with Gasteiger partial charge in [-0.15, -0.1) is 0 Å². The monoisotopic (exact) mass is 291 g/mol. The fourth-order valence-corrected chi connectivity index (χ4v) is 2.97. The number of rotatable bonds is 3. The highest BCUT2D eigenvalue weighted by molar-refractivity contribution is 9.09. The second kappa shape index (κ2) is 5.89. The molecule has 1 saturated carbocycles. The molecule has 1 fully saturated rings. The summed E-state index contributed by atoms with van der Waals surface area (Å²) in [5.74, 6) is 1.31. The third-order valence-electron chi connectivity index (χ3n) is 2.92. The molecule has 94 valence electrons. The van der Waals surface area contributed by atoms with Gasteiger partial charge in [-0.3, -0.25) is 0 Å². The molecule has 0 aliphatic heterocycles. The normalized spacial score (nSPS) is 25.5. The molecule has 0 radical (unpaired) electrons. The highest BCUT2D eigenvalue weighted by Crippen LogP contribution is 2.32. The standard InChI is InChI=1S/C12H22BrNO2/c1-12(2,3)16-11(15)14-8-10-6-4-5-9(10)7-13/h9-10H,4-8H2,1-3H3,(H,14,15). The van der Waals surface area contributed by atoms with Gasteiger partial charge in [-0.05, 0) is 45.4 Å². The first-order valence-corrected chi connectivity index (χ1v) is 7.07. The number of ether oxygens (including phenoxy) is 1. The van der Waals surface area contributed by atoms with E-state index < -0.39 is 5.60 Å². The molecule has 0 aromatic heterocycles. The Morgan fingerprint density at radius 1 is 1.38 bits per heavy atom. The van der Waals surface area contributed by atoms with Crippen LogP contribution in [-0.4, -0.2) is 23.6 Å². The van der Waals surface area contributed by atoms with Gasteiger partial charge in [0, 0.05) is 11.9 Å². The van der Waals surface area contributed by atoms with E-state index in [0.29, 0.717) is 11.8 Å². The third kappa shape index (κ3) is 4.73. The SMILES string of the molecule is CC(C)(C)OC(=O)NCC1CCCC1CBr. The van der Waals surface area contributed by atoms with E-state index in [1.807, 2.05) is 20.8 Å². The second-order valence-corrected chi connectivity index (χ2v) is 6.14. The van der Waals surface area contributed by atoms with Gasteiger partial charge in [0.25, 0.3) is 0 Å². The molecule has 1 amide bonds. The molecule has 2 atom stereocenters. The molecule has 0 bridgehead atoms. The van der Waals surface area contributed by atoms with Crippen LogP contribution in [0.25, 0.3) is 0 Å². The van der Waals surface area contributed by atoms with Crippen LogP contribution in [0.15, 0.2) is 0 Å². The van der Waals surface area contributed by atoms with Crippen molar-refractivity contribution in [3.05, 3.63) is 0 Å². The van der Waals surface area contributed by atoms with Crippen LogP contribution in [0.1, 0.15) is 40.0 Å². The second-order valence-electron chi connectivity index (χ2n) is 5.49. The van der Waals surface area contributed by atoms with Crippen molar-refractivity contribution in [2.24, 2.45) is 11.8 Å². The van der Waals surface area contributed by atoms with E-state index in [9.17, 15) is 4.79 Å². The van der Waals surface area contributed by atoms with Crippen molar-refractivity contribution in [3.8, 4) is 0 Å². The molecule has 0 aromatic rings. The minimum Gasteiger partial charge on any atom is -0.444 e. The largest absolute Gasteiger partial charge is 0.444 e. The van der Waals surface area contributed by atoms with Crippen LogP contribution in [0, 0.1) is 11.8 Å². The summed E-state index contributed by atoms with van der Waals surface area (Å²) in [6.45, 7) is 6.38. The van der Waals surface area contributed by atoms with Crippen LogP contribution < -0.4 is 5.32 Å². The molecule has 16 heavy (non-hydrogen) atoms. The topological polar surface area (TPSA) is 38.3 Å². The van der Waals surface area contributed by atoms with Gasteiger partial charge in [0.2, 0.25) is 0 Å². The fourth-order valence-electron chi connectivity index (χ4n) is 2.11. The summed E-state index contributed by atoms with van der Waals surface area (Å²) < 4.78 is 5.20. The first kappa shape index (κ1) is 13.8. The zero-order valence-corrected chi connectivity index (χ0v) is 12.0. The van der Waals surface area contributed by atoms with Gasteiger partial charge in [0.05, 0.1) is 0 Å². The van der Waals surface area contributed by atoms with Gasteiger partial charge in [-0.1, -0.05) is 22.4 Å². The lowest BCUT2D eigenvalue weighted by Gasteiger charge is -2.22. The van der Waals surface area contributed by atoms with Crippen LogP contribution in [0.2, 0.25) is 0 Å². The molecule has 0 heterocycles. The molecule has 0 spiro atoms. The van der Waals surface area contributed by atoms with Crippen LogP contribution in [0.4, 0.5) is 4.79 Å². The Morgan fingerprint density at radius 3 is 2.56 bits per heavy atom. The molecule has 1 N–H and O–H groups in total. The summed E-state index contributed by atoms with van der Waals surface area (Å²) in [6.07, 6.45) is 3.46. The van der Waals surface area contributed by atoms with E-state index in [1.54, 1.807) is 0 Å². The minimum atomic E-state index is -0.408. The molecule has 1 rings (SSSR count). The number of halogens is 1. The van der Waals surface area contributed by atoms with Crippen molar-refractivity contribution < 1.29 is 9.53 Å². The molecule has 3 nitrogen and oxygen atoms in total. The number of alkyl carbamates (subject to hydrolysis) is 1. The molecule has 0 aromatic carbocycles. The number of carbonyl (C=O) groups is 1. The lowest BCUT2D eigenvalue weighted by molar-refractivity contribution is 0.0516. The zero-order chi connectivity index (χ0) is 12.2. The van der Waals surface area contributed by atoms with Crippen LogP contribution >= 0.6 is 15.9 Å². The number of nitrogens with one attached hydrogen (secondary N) is 1. The third-order valence-corrected chi connectivity index (χ3v) is 3.75. The van der Waals surface area contributed by atoms with E-state index >= 15 is 0 Å². The molecule has 1 aliphatic rings. The van der Waals surface area contributed by atoms with E-state index in [1.165, 1.54) is 19.3 Å². The Bertz CT molecular complexity index is 238. The number of hydrogen-bond donors (Lipinski definition) is 1. The van der Waals surface area contributed by atoms with E-state index in [4.69, 9.17) is 4.74 Å². The number of amides is 1. The number of alkyl halides is 1. The first-order chi connectivity index (χ1) is 7.42. The van der Waals surface area contributed by atoms with Gasteiger partial charge in [-0.2, -0.15) is 0 Å². The molecule has 0 saturated heterocycles. The Hall–Kier alpha value is -0.250. The Kier molecular flexibility index (Phi) is 5.09. The van der Waals surface area contributed by atoms with Crippen molar-refractivity contribution in [1.29, 1.82) is 0 Å². The van der Waals surface area contributed by atoms with E-state index in [2.05, 4.69) is 21.2 Å². The molecule has 1 aliphatic carbocycles. The summed E-state index contributed by atoms with van der Waals surface area (Å²) in [6, 6.07) is 0. The summed E-state index contributed by atoms with van der Waals surface area (Å²) in [5.41, 5.74) is -0.408. The van der Waals surface area contributed by atoms with Crippen molar-refractivity contribution in [2.75, 3.05) is 11.9 Å². The highest BCUT2D eigenvalue weighted by Gasteiger charge is 2.27. The quantitative estimate of drug-likeness (QED) is 0.810. The predicted molar refractivity (Wildman–Crippen MR) is 68.9 cm³/mol. The van der Waals surface area contributed by atoms with Crippen LogP contribution in [-0.2, 0) is 4.74 Å². The average molecular weight is 292 g/mol. The first-order valence-electron chi connectivity index (χ1n) is 5.95. The molecule has 2 unspecified atom stereocenters. The minimum absolute atomic E-state index is 0.298. The highest BCUT2D eigenvalue weighted by atomic mass is 79.9. The fraction of sp³-hybridized carbons (Fsp3) is 0.917. The van der Waals surface area contributed by atoms with Crippen molar-refractivity contribution >= 4 is 22.0 Å². The molecular formula is C12H22BrNO2. The zero-order valence-electron chi connectivity index (χ0n) is 10.4. The maximum atomic E-state index is 11.5. The maximum absolute atomic E-state index is 11.5. The average Bonchev–Trinajstić information content (AvgIpc) is 2.59. The molecular weight excluding hydrogens is 270 g/mol. The van der Waals surface area contributed by atoms with Crippen molar-refractivity contribution in [1.82, 2.24) is 5.32 Å². The summed E-state index contributed by atoms with van der Waals surface area (Å²) >= 11 is 3.53. The summed E-state index contributed by atoms with van der Waals surface area (Å²) in [7, 11) is 0. The van der Waals surface area contributed by atoms with E-state index in [-0.39, 0.29) is 6.09 Å². The van der Waals surface area contributed by atoms with Crippen molar-refractivity contribution in [3.63, 3.8) is 0 Å². The van der Waals surface area contributed by atoms with Gasteiger partial charge >= 0.3 is 6.09 Å².